The second-order valence-electron chi connectivity index (χ2n) is 14.4. The molecular weight excluding hydrogens is 683 g/mol. The van der Waals surface area contributed by atoms with Gasteiger partial charge in [0.1, 0.15) is 22.3 Å². The van der Waals surface area contributed by atoms with Crippen molar-refractivity contribution in [3.8, 4) is 66.8 Å². The molecule has 3 heteroatoms. The number of para-hydroxylation sites is 1. The Kier molecular flexibility index (Phi) is 7.49. The maximum Gasteiger partial charge on any atom is 0.153 e. The van der Waals surface area contributed by atoms with Crippen molar-refractivity contribution < 1.29 is 8.83 Å². The average molecular weight is 716 g/mol. The quantitative estimate of drug-likeness (QED) is 0.172. The molecule has 11 aromatic rings. The topological polar surface area (TPSA) is 39.2 Å². The number of pyridine rings is 1. The summed E-state index contributed by atoms with van der Waals surface area (Å²) < 4.78 is 12.1. The molecule has 0 radical (unpaired) electrons. The zero-order chi connectivity index (χ0) is 37.0. The van der Waals surface area contributed by atoms with Crippen LogP contribution in [0.25, 0.3) is 111 Å². The molecule has 0 spiro atoms. The van der Waals surface area contributed by atoms with Crippen molar-refractivity contribution in [2.75, 3.05) is 0 Å². The molecule has 262 valence electrons. The zero-order valence-electron chi connectivity index (χ0n) is 30.3. The zero-order valence-corrected chi connectivity index (χ0v) is 30.3. The molecule has 0 bridgehead atoms. The van der Waals surface area contributed by atoms with Gasteiger partial charge in [0.25, 0.3) is 0 Å². The Bertz CT molecular complexity index is 3060. The fourth-order valence-corrected chi connectivity index (χ4v) is 8.07. The molecule has 0 saturated carbocycles. The van der Waals surface area contributed by atoms with Crippen molar-refractivity contribution in [2.45, 2.75) is 0 Å². The summed E-state index contributed by atoms with van der Waals surface area (Å²) in [5.41, 5.74) is 18.5. The molecule has 0 aliphatic carbocycles. The smallest absolute Gasteiger partial charge is 0.153 e. The Morgan fingerprint density at radius 1 is 0.250 bits per heavy atom. The molecule has 0 N–H and O–H groups in total. The third-order valence-corrected chi connectivity index (χ3v) is 10.9. The Balaban J connectivity index is 0.886. The van der Waals surface area contributed by atoms with Gasteiger partial charge >= 0.3 is 0 Å². The maximum absolute atomic E-state index is 6.09. The van der Waals surface area contributed by atoms with E-state index in [1.807, 2.05) is 36.5 Å². The van der Waals surface area contributed by atoms with E-state index in [0.717, 1.165) is 55.1 Å². The van der Waals surface area contributed by atoms with Gasteiger partial charge in [-0.25, -0.2) is 0 Å². The van der Waals surface area contributed by atoms with Crippen LogP contribution >= 0.6 is 0 Å². The van der Waals surface area contributed by atoms with Crippen molar-refractivity contribution in [3.63, 3.8) is 0 Å². The van der Waals surface area contributed by atoms with Gasteiger partial charge in [0.2, 0.25) is 0 Å². The van der Waals surface area contributed by atoms with Gasteiger partial charge in [-0.15, -0.1) is 0 Å². The third-order valence-electron chi connectivity index (χ3n) is 10.9. The van der Waals surface area contributed by atoms with Gasteiger partial charge in [-0.2, -0.15) is 0 Å². The lowest BCUT2D eigenvalue weighted by Gasteiger charge is -2.11. The Hall–Kier alpha value is -7.49. The minimum absolute atomic E-state index is 0.807. The predicted molar refractivity (Wildman–Crippen MR) is 231 cm³/mol. The van der Waals surface area contributed by atoms with Crippen LogP contribution in [0.4, 0.5) is 0 Å². The van der Waals surface area contributed by atoms with E-state index in [1.54, 1.807) is 0 Å². The molecule has 0 atom stereocenters. The number of hydrogen-bond donors (Lipinski definition) is 0. The van der Waals surface area contributed by atoms with E-state index >= 15 is 0 Å². The van der Waals surface area contributed by atoms with E-state index in [9.17, 15) is 0 Å². The van der Waals surface area contributed by atoms with Crippen LogP contribution in [0.5, 0.6) is 0 Å². The number of rotatable bonds is 6. The average Bonchev–Trinajstić information content (AvgIpc) is 3.84. The summed E-state index contributed by atoms with van der Waals surface area (Å²) in [5.74, 6) is 0. The number of furan rings is 2. The van der Waals surface area contributed by atoms with Crippen LogP contribution in [-0.2, 0) is 0 Å². The first-order valence-corrected chi connectivity index (χ1v) is 18.9. The van der Waals surface area contributed by atoms with Crippen LogP contribution in [0.3, 0.4) is 0 Å². The summed E-state index contributed by atoms with van der Waals surface area (Å²) in [6, 6.07) is 69.1. The monoisotopic (exact) mass is 715 g/mol. The lowest BCUT2D eigenvalue weighted by Crippen LogP contribution is -1.86. The standard InChI is InChI=1S/C53H33NO2/c1-2-20-49-46(19-1)47-32-44(22-24-50(47)55-49)42-17-6-15-40(30-42)38-13-4-11-36(28-38)34-9-3-10-35(27-34)37-12-5-14-39(29-37)41-16-7-18-43(31-41)45-23-25-51-48(33-45)53-52(56-51)21-8-26-54-53/h1-33H. The lowest BCUT2D eigenvalue weighted by atomic mass is 9.93. The van der Waals surface area contributed by atoms with Crippen molar-refractivity contribution >= 4 is 44.0 Å². The number of aromatic nitrogens is 1. The lowest BCUT2D eigenvalue weighted by molar-refractivity contribution is 0.668. The Morgan fingerprint density at radius 3 is 1.09 bits per heavy atom. The highest BCUT2D eigenvalue weighted by atomic mass is 16.3. The molecule has 3 aromatic heterocycles. The second-order valence-corrected chi connectivity index (χ2v) is 14.4. The van der Waals surface area contributed by atoms with E-state index in [2.05, 4.69) is 169 Å². The van der Waals surface area contributed by atoms with Crippen molar-refractivity contribution in [1.82, 2.24) is 4.98 Å². The van der Waals surface area contributed by atoms with Gasteiger partial charge in [-0.1, -0.05) is 121 Å². The van der Waals surface area contributed by atoms with Gasteiger partial charge < -0.3 is 8.83 Å². The van der Waals surface area contributed by atoms with Crippen molar-refractivity contribution in [3.05, 3.63) is 200 Å². The molecule has 0 unspecified atom stereocenters. The van der Waals surface area contributed by atoms with Crippen LogP contribution in [-0.4, -0.2) is 4.98 Å². The van der Waals surface area contributed by atoms with Crippen LogP contribution in [0.1, 0.15) is 0 Å². The molecule has 0 aliphatic heterocycles. The first-order valence-electron chi connectivity index (χ1n) is 18.9. The van der Waals surface area contributed by atoms with Crippen molar-refractivity contribution in [1.29, 1.82) is 0 Å². The van der Waals surface area contributed by atoms with E-state index < -0.39 is 0 Å². The van der Waals surface area contributed by atoms with Gasteiger partial charge in [-0.3, -0.25) is 4.98 Å². The molecule has 3 nitrogen and oxygen atoms in total. The van der Waals surface area contributed by atoms with E-state index in [4.69, 9.17) is 8.83 Å². The fraction of sp³-hybridized carbons (Fsp3) is 0. The molecule has 8 aromatic carbocycles. The SMILES string of the molecule is c1cc(-c2cccc(-c3cccc(-c4ccc5oc6ccccc6c5c4)c3)c2)cc(-c2cccc(-c3cccc(-c4ccc5oc6cccnc6c5c4)c3)c2)c1. The first kappa shape index (κ1) is 32.0. The minimum atomic E-state index is 0.807. The van der Waals surface area contributed by atoms with Crippen LogP contribution in [0.2, 0.25) is 0 Å². The van der Waals surface area contributed by atoms with E-state index in [-0.39, 0.29) is 0 Å². The molecule has 0 amide bonds. The summed E-state index contributed by atoms with van der Waals surface area (Å²) in [5, 5.41) is 3.31. The minimum Gasteiger partial charge on any atom is -0.456 e. The molecule has 0 fully saturated rings. The number of fused-ring (bicyclic) bond motifs is 6. The van der Waals surface area contributed by atoms with Crippen LogP contribution in [0, 0.1) is 0 Å². The second kappa shape index (κ2) is 13.1. The van der Waals surface area contributed by atoms with E-state index in [1.165, 1.54) is 55.6 Å². The molecule has 56 heavy (non-hydrogen) atoms. The first-order chi connectivity index (χ1) is 27.7. The molecule has 3 heterocycles. The van der Waals surface area contributed by atoms with Gasteiger partial charge in [0, 0.05) is 22.4 Å². The summed E-state index contributed by atoms with van der Waals surface area (Å²) in [6.45, 7) is 0. The Labute approximate surface area is 323 Å². The van der Waals surface area contributed by atoms with Gasteiger partial charge in [-0.05, 0) is 140 Å². The van der Waals surface area contributed by atoms with Crippen LogP contribution in [0.15, 0.2) is 209 Å². The maximum atomic E-state index is 6.09. The van der Waals surface area contributed by atoms with Crippen LogP contribution < -0.4 is 0 Å². The van der Waals surface area contributed by atoms with Crippen molar-refractivity contribution in [2.24, 2.45) is 0 Å². The normalized spacial score (nSPS) is 11.6. The summed E-state index contributed by atoms with van der Waals surface area (Å²) in [6.07, 6.45) is 1.82. The summed E-state index contributed by atoms with van der Waals surface area (Å²) in [7, 11) is 0. The molecule has 11 rings (SSSR count). The number of hydrogen-bond acceptors (Lipinski definition) is 3. The summed E-state index contributed by atoms with van der Waals surface area (Å²) in [4.78, 5) is 4.58. The number of nitrogens with zero attached hydrogens (tertiary/aromatic N) is 1. The highest BCUT2D eigenvalue weighted by Crippen LogP contribution is 2.37. The predicted octanol–water partition coefficient (Wildman–Crippen LogP) is 14.9. The van der Waals surface area contributed by atoms with Gasteiger partial charge in [0.05, 0.1) is 0 Å². The molecule has 0 saturated heterocycles. The highest BCUT2D eigenvalue weighted by Gasteiger charge is 2.12. The third kappa shape index (κ3) is 5.66. The molecule has 0 aliphatic rings. The highest BCUT2D eigenvalue weighted by molar-refractivity contribution is 6.06. The van der Waals surface area contributed by atoms with E-state index in [0.29, 0.717) is 0 Å². The largest absolute Gasteiger partial charge is 0.456 e. The Morgan fingerprint density at radius 2 is 0.607 bits per heavy atom. The molecular formula is C53H33NO2. The fourth-order valence-electron chi connectivity index (χ4n) is 8.07. The summed E-state index contributed by atoms with van der Waals surface area (Å²) >= 11 is 0. The van der Waals surface area contributed by atoms with Gasteiger partial charge in [0.15, 0.2) is 5.58 Å². The number of benzene rings is 8.